The van der Waals surface area contributed by atoms with Gasteiger partial charge in [0.1, 0.15) is 5.75 Å². The molecule has 2 rings (SSSR count). The molecule has 0 spiro atoms. The summed E-state index contributed by atoms with van der Waals surface area (Å²) in [5, 5.41) is 3.97. The number of ether oxygens (including phenoxy) is 3. The van der Waals surface area contributed by atoms with E-state index in [1.54, 1.807) is 19.4 Å². The van der Waals surface area contributed by atoms with E-state index < -0.39 is 0 Å². The maximum absolute atomic E-state index is 11.9. The van der Waals surface area contributed by atoms with E-state index in [0.717, 1.165) is 27.4 Å². The minimum absolute atomic E-state index is 0.147. The monoisotopic (exact) mass is 540 g/mol. The number of benzene rings is 2. The van der Waals surface area contributed by atoms with E-state index in [1.165, 1.54) is 12.8 Å². The number of carbonyl (C=O) groups is 1. The van der Waals surface area contributed by atoms with Crippen LogP contribution < -0.4 is 19.6 Å². The number of rotatable bonds is 12. The molecule has 8 heteroatoms. The van der Waals surface area contributed by atoms with Gasteiger partial charge in [0.05, 0.1) is 24.4 Å². The summed E-state index contributed by atoms with van der Waals surface area (Å²) in [6.45, 7) is 2.70. The van der Waals surface area contributed by atoms with Gasteiger partial charge in [-0.2, -0.15) is 5.10 Å². The van der Waals surface area contributed by atoms with Gasteiger partial charge in [-0.1, -0.05) is 42.1 Å². The van der Waals surface area contributed by atoms with E-state index in [2.05, 4.69) is 49.3 Å². The van der Waals surface area contributed by atoms with Gasteiger partial charge in [0.15, 0.2) is 18.1 Å². The number of carbonyl (C=O) groups excluding carboxylic acids is 1. The number of nitrogens with zero attached hydrogens (tertiary/aromatic N) is 1. The predicted molar refractivity (Wildman–Crippen MR) is 126 cm³/mol. The van der Waals surface area contributed by atoms with Gasteiger partial charge in [-0.25, -0.2) is 5.43 Å². The fourth-order valence-corrected chi connectivity index (χ4v) is 3.70. The number of hydrogen-bond donors (Lipinski definition) is 1. The molecule has 1 N–H and O–H groups in total. The standard InChI is InChI=1S/C22H26Br2N2O4/c1-3-4-5-6-11-29-20-9-7-16(12-21(20)28-2)14-25-26-22(27)15-30-19-10-8-17(23)13-18(19)24/h7-10,12-14H,3-6,11,15H2,1-2H3,(H,26,27)/b25-14+. The second kappa shape index (κ2) is 13.3. The summed E-state index contributed by atoms with van der Waals surface area (Å²) in [7, 11) is 1.60. The Morgan fingerprint density at radius 3 is 2.57 bits per heavy atom. The molecule has 2 aromatic carbocycles. The van der Waals surface area contributed by atoms with Crippen LogP contribution >= 0.6 is 31.9 Å². The summed E-state index contributed by atoms with van der Waals surface area (Å²) in [4.78, 5) is 11.9. The zero-order valence-electron chi connectivity index (χ0n) is 17.1. The number of unbranched alkanes of at least 4 members (excludes halogenated alkanes) is 3. The average molecular weight is 542 g/mol. The third kappa shape index (κ3) is 8.36. The lowest BCUT2D eigenvalue weighted by Gasteiger charge is -2.11. The first-order valence-electron chi connectivity index (χ1n) is 9.74. The SMILES string of the molecule is CCCCCCOc1ccc(/C=N/NC(=O)COc2ccc(Br)cc2Br)cc1OC. The van der Waals surface area contributed by atoms with Crippen molar-refractivity contribution in [3.05, 3.63) is 50.9 Å². The molecule has 0 aromatic heterocycles. The predicted octanol–water partition coefficient (Wildman–Crippen LogP) is 5.71. The van der Waals surface area contributed by atoms with Crippen LogP contribution in [0.1, 0.15) is 38.2 Å². The zero-order valence-corrected chi connectivity index (χ0v) is 20.3. The Hall–Kier alpha value is -2.06. The Kier molecular flexibility index (Phi) is 10.7. The smallest absolute Gasteiger partial charge is 0.277 e. The molecule has 0 aliphatic rings. The summed E-state index contributed by atoms with van der Waals surface area (Å²) in [6, 6.07) is 11.0. The molecular weight excluding hydrogens is 516 g/mol. The fraction of sp³-hybridized carbons (Fsp3) is 0.364. The molecule has 0 unspecified atom stereocenters. The topological polar surface area (TPSA) is 69.2 Å². The molecule has 30 heavy (non-hydrogen) atoms. The van der Waals surface area contributed by atoms with Crippen molar-refractivity contribution in [1.29, 1.82) is 0 Å². The van der Waals surface area contributed by atoms with Crippen molar-refractivity contribution in [3.63, 3.8) is 0 Å². The van der Waals surface area contributed by atoms with Gasteiger partial charge in [-0.05, 0) is 64.3 Å². The summed E-state index contributed by atoms with van der Waals surface area (Å²) < 4.78 is 18.4. The first-order valence-corrected chi connectivity index (χ1v) is 11.3. The van der Waals surface area contributed by atoms with Gasteiger partial charge in [0.25, 0.3) is 5.91 Å². The van der Waals surface area contributed by atoms with Crippen molar-refractivity contribution in [1.82, 2.24) is 5.43 Å². The lowest BCUT2D eigenvalue weighted by molar-refractivity contribution is -0.123. The summed E-state index contributed by atoms with van der Waals surface area (Å²) in [6.07, 6.45) is 6.13. The highest BCUT2D eigenvalue weighted by Crippen LogP contribution is 2.28. The Bertz CT molecular complexity index is 859. The largest absolute Gasteiger partial charge is 0.493 e. The minimum atomic E-state index is -0.361. The molecule has 0 aliphatic carbocycles. The van der Waals surface area contributed by atoms with E-state index >= 15 is 0 Å². The van der Waals surface area contributed by atoms with Crippen LogP contribution in [0, 0.1) is 0 Å². The second-order valence-electron chi connectivity index (χ2n) is 6.48. The molecule has 0 fully saturated rings. The highest BCUT2D eigenvalue weighted by Gasteiger charge is 2.07. The molecule has 6 nitrogen and oxygen atoms in total. The third-order valence-corrected chi connectivity index (χ3v) is 5.21. The van der Waals surface area contributed by atoms with Crippen LogP contribution in [-0.2, 0) is 4.79 Å². The van der Waals surface area contributed by atoms with Gasteiger partial charge < -0.3 is 14.2 Å². The summed E-state index contributed by atoms with van der Waals surface area (Å²) >= 11 is 6.76. The molecule has 0 atom stereocenters. The molecular formula is C22H26Br2N2O4. The van der Waals surface area contributed by atoms with Crippen LogP contribution in [0.4, 0.5) is 0 Å². The van der Waals surface area contributed by atoms with E-state index in [9.17, 15) is 4.79 Å². The maximum atomic E-state index is 11.9. The quantitative estimate of drug-likeness (QED) is 0.212. The van der Waals surface area contributed by atoms with Crippen molar-refractivity contribution in [2.75, 3.05) is 20.3 Å². The highest BCUT2D eigenvalue weighted by atomic mass is 79.9. The second-order valence-corrected chi connectivity index (χ2v) is 8.25. The molecule has 162 valence electrons. The third-order valence-electron chi connectivity index (χ3n) is 4.10. The maximum Gasteiger partial charge on any atom is 0.277 e. The molecule has 0 bridgehead atoms. The highest BCUT2D eigenvalue weighted by molar-refractivity contribution is 9.11. The molecule has 2 aromatic rings. The van der Waals surface area contributed by atoms with Crippen LogP contribution in [0.2, 0.25) is 0 Å². The molecule has 0 aliphatic heterocycles. The first kappa shape index (κ1) is 24.2. The van der Waals surface area contributed by atoms with E-state index in [0.29, 0.717) is 23.9 Å². The van der Waals surface area contributed by atoms with Gasteiger partial charge in [-0.15, -0.1) is 0 Å². The Labute approximate surface area is 194 Å². The van der Waals surface area contributed by atoms with E-state index in [1.807, 2.05) is 30.3 Å². The number of halogens is 2. The summed E-state index contributed by atoms with van der Waals surface area (Å²) in [5.41, 5.74) is 3.23. The van der Waals surface area contributed by atoms with Gasteiger partial charge in [-0.3, -0.25) is 4.79 Å². The van der Waals surface area contributed by atoms with Crippen LogP contribution in [0.5, 0.6) is 17.2 Å². The number of hydrazone groups is 1. The van der Waals surface area contributed by atoms with Crippen LogP contribution in [-0.4, -0.2) is 32.4 Å². The Morgan fingerprint density at radius 1 is 1.03 bits per heavy atom. The number of nitrogens with one attached hydrogen (secondary N) is 1. The molecule has 0 saturated carbocycles. The lowest BCUT2D eigenvalue weighted by Crippen LogP contribution is -2.24. The Morgan fingerprint density at radius 2 is 1.83 bits per heavy atom. The minimum Gasteiger partial charge on any atom is -0.493 e. The fourth-order valence-electron chi connectivity index (χ4n) is 2.54. The van der Waals surface area contributed by atoms with Crippen LogP contribution in [0.3, 0.4) is 0 Å². The molecule has 0 radical (unpaired) electrons. The lowest BCUT2D eigenvalue weighted by atomic mass is 10.2. The van der Waals surface area contributed by atoms with Crippen molar-refractivity contribution >= 4 is 44.0 Å². The summed E-state index contributed by atoms with van der Waals surface area (Å²) in [5.74, 6) is 1.54. The molecule has 0 saturated heterocycles. The van der Waals surface area contributed by atoms with Gasteiger partial charge in [0.2, 0.25) is 0 Å². The number of hydrogen-bond acceptors (Lipinski definition) is 5. The number of methoxy groups -OCH3 is 1. The van der Waals surface area contributed by atoms with Crippen molar-refractivity contribution in [2.45, 2.75) is 32.6 Å². The molecule has 1 amide bonds. The van der Waals surface area contributed by atoms with Crippen LogP contribution in [0.15, 0.2) is 50.4 Å². The van der Waals surface area contributed by atoms with E-state index in [-0.39, 0.29) is 12.5 Å². The van der Waals surface area contributed by atoms with Crippen molar-refractivity contribution < 1.29 is 19.0 Å². The normalized spacial score (nSPS) is 10.8. The Balaban J connectivity index is 1.82. The van der Waals surface area contributed by atoms with E-state index in [4.69, 9.17) is 14.2 Å². The van der Waals surface area contributed by atoms with Gasteiger partial charge >= 0.3 is 0 Å². The van der Waals surface area contributed by atoms with Gasteiger partial charge in [0, 0.05) is 4.47 Å². The number of amides is 1. The van der Waals surface area contributed by atoms with Crippen molar-refractivity contribution in [3.8, 4) is 17.2 Å². The molecule has 0 heterocycles. The first-order chi connectivity index (χ1) is 14.5. The average Bonchev–Trinajstić information content (AvgIpc) is 2.73. The van der Waals surface area contributed by atoms with Crippen molar-refractivity contribution in [2.24, 2.45) is 5.10 Å². The van der Waals surface area contributed by atoms with Crippen LogP contribution in [0.25, 0.3) is 0 Å². The zero-order chi connectivity index (χ0) is 21.8.